The summed E-state index contributed by atoms with van der Waals surface area (Å²) in [6.07, 6.45) is 0. The number of guanidine groups is 1. The number of phenols is 1. The third-order valence-corrected chi connectivity index (χ3v) is 4.63. The number of hydrogen-bond donors (Lipinski definition) is 3. The summed E-state index contributed by atoms with van der Waals surface area (Å²) in [6.45, 7) is 3.35. The topological polar surface area (TPSA) is 75.1 Å². The molecular formula is C17H24IN3O3S. The van der Waals surface area contributed by atoms with Crippen LogP contribution in [0.5, 0.6) is 17.2 Å². The van der Waals surface area contributed by atoms with Gasteiger partial charge in [-0.2, -0.15) is 0 Å². The molecule has 0 saturated heterocycles. The van der Waals surface area contributed by atoms with Crippen LogP contribution in [0.4, 0.5) is 0 Å². The average molecular weight is 477 g/mol. The third-order valence-electron chi connectivity index (χ3n) is 3.61. The fraction of sp³-hybridized carbons (Fsp3) is 0.353. The Labute approximate surface area is 169 Å². The highest BCUT2D eigenvalue weighted by Crippen LogP contribution is 2.36. The summed E-state index contributed by atoms with van der Waals surface area (Å²) in [7, 11) is 4.75. The average Bonchev–Trinajstić information content (AvgIpc) is 3.01. The van der Waals surface area contributed by atoms with E-state index in [2.05, 4.69) is 34.0 Å². The van der Waals surface area contributed by atoms with E-state index in [1.165, 1.54) is 24.7 Å². The molecule has 138 valence electrons. The van der Waals surface area contributed by atoms with E-state index >= 15 is 0 Å². The van der Waals surface area contributed by atoms with Crippen molar-refractivity contribution < 1.29 is 14.6 Å². The molecule has 25 heavy (non-hydrogen) atoms. The largest absolute Gasteiger partial charge is 0.502 e. The second kappa shape index (κ2) is 10.3. The first-order chi connectivity index (χ1) is 11.6. The maximum atomic E-state index is 9.95. The summed E-state index contributed by atoms with van der Waals surface area (Å²) in [5.74, 6) is 1.46. The van der Waals surface area contributed by atoms with Crippen LogP contribution in [0, 0.1) is 6.92 Å². The number of aryl methyl sites for hydroxylation is 1. The highest BCUT2D eigenvalue weighted by Gasteiger charge is 2.11. The number of aromatic hydroxyl groups is 1. The van der Waals surface area contributed by atoms with Gasteiger partial charge in [0.15, 0.2) is 17.5 Å². The number of hydrogen-bond acceptors (Lipinski definition) is 5. The minimum atomic E-state index is -0.000530. The Morgan fingerprint density at radius 3 is 2.24 bits per heavy atom. The molecule has 0 amide bonds. The molecule has 0 atom stereocenters. The second-order valence-corrected chi connectivity index (χ2v) is 6.16. The van der Waals surface area contributed by atoms with Crippen molar-refractivity contribution in [3.8, 4) is 17.2 Å². The first-order valence-electron chi connectivity index (χ1n) is 7.50. The van der Waals surface area contributed by atoms with Gasteiger partial charge < -0.3 is 25.2 Å². The molecule has 3 N–H and O–H groups in total. The van der Waals surface area contributed by atoms with Crippen LogP contribution < -0.4 is 20.1 Å². The summed E-state index contributed by atoms with van der Waals surface area (Å²) in [4.78, 5) is 5.51. The summed E-state index contributed by atoms with van der Waals surface area (Å²) in [5, 5.41) is 18.6. The number of phenolic OH excluding ortho intramolecular Hbond substituents is 1. The maximum Gasteiger partial charge on any atom is 0.200 e. The predicted octanol–water partition coefficient (Wildman–Crippen LogP) is 3.26. The number of aliphatic imine (C=N–C) groups is 1. The van der Waals surface area contributed by atoms with Crippen molar-refractivity contribution in [1.82, 2.24) is 10.6 Å². The maximum absolute atomic E-state index is 9.95. The minimum Gasteiger partial charge on any atom is -0.502 e. The van der Waals surface area contributed by atoms with Gasteiger partial charge in [-0.3, -0.25) is 4.99 Å². The van der Waals surface area contributed by atoms with Gasteiger partial charge in [0.1, 0.15) is 0 Å². The molecule has 1 heterocycles. The van der Waals surface area contributed by atoms with Crippen molar-refractivity contribution in [3.63, 3.8) is 0 Å². The molecule has 1 aromatic carbocycles. The molecule has 0 aliphatic carbocycles. The first-order valence-corrected chi connectivity index (χ1v) is 8.38. The van der Waals surface area contributed by atoms with Gasteiger partial charge in [-0.05, 0) is 41.6 Å². The fourth-order valence-electron chi connectivity index (χ4n) is 2.21. The molecule has 0 aliphatic heterocycles. The Kier molecular flexibility index (Phi) is 8.84. The van der Waals surface area contributed by atoms with Crippen molar-refractivity contribution in [2.24, 2.45) is 4.99 Å². The molecular weight excluding hydrogens is 453 g/mol. The lowest BCUT2D eigenvalue weighted by Crippen LogP contribution is -2.36. The van der Waals surface area contributed by atoms with Gasteiger partial charge in [0.2, 0.25) is 5.75 Å². The number of rotatable bonds is 6. The Morgan fingerprint density at radius 2 is 1.76 bits per heavy atom. The van der Waals surface area contributed by atoms with Crippen LogP contribution in [-0.4, -0.2) is 32.3 Å². The number of nitrogens with one attached hydrogen (secondary N) is 2. The van der Waals surface area contributed by atoms with Gasteiger partial charge in [-0.25, -0.2) is 0 Å². The number of methoxy groups -OCH3 is 2. The predicted molar refractivity (Wildman–Crippen MR) is 113 cm³/mol. The van der Waals surface area contributed by atoms with E-state index in [4.69, 9.17) is 9.47 Å². The normalized spacial score (nSPS) is 10.8. The van der Waals surface area contributed by atoms with Crippen molar-refractivity contribution in [2.75, 3.05) is 21.3 Å². The zero-order valence-corrected chi connectivity index (χ0v) is 17.9. The molecule has 0 aliphatic rings. The van der Waals surface area contributed by atoms with Crippen LogP contribution in [0.1, 0.15) is 16.0 Å². The van der Waals surface area contributed by atoms with Crippen LogP contribution in [0.2, 0.25) is 0 Å². The van der Waals surface area contributed by atoms with E-state index in [1.54, 1.807) is 30.5 Å². The smallest absolute Gasteiger partial charge is 0.200 e. The second-order valence-electron chi connectivity index (χ2n) is 5.16. The molecule has 6 nitrogen and oxygen atoms in total. The van der Waals surface area contributed by atoms with Crippen molar-refractivity contribution in [3.05, 3.63) is 39.6 Å². The monoisotopic (exact) mass is 477 g/mol. The third kappa shape index (κ3) is 5.67. The van der Waals surface area contributed by atoms with E-state index in [0.717, 1.165) is 12.1 Å². The molecule has 2 aromatic rings. The van der Waals surface area contributed by atoms with Gasteiger partial charge in [0.05, 0.1) is 20.8 Å². The fourth-order valence-corrected chi connectivity index (χ4v) is 3.05. The molecule has 8 heteroatoms. The van der Waals surface area contributed by atoms with Crippen LogP contribution in [-0.2, 0) is 13.1 Å². The molecule has 0 saturated carbocycles. The standard InChI is InChI=1S/C17H23N3O3S.HI/c1-11-5-6-24-15(11)10-20-17(18-2)19-9-12-7-13(22-3)16(21)14(8-12)23-4;/h5-8,21H,9-10H2,1-4H3,(H2,18,19,20);1H. The zero-order chi connectivity index (χ0) is 17.5. The molecule has 2 rings (SSSR count). The number of halogens is 1. The SMILES string of the molecule is CN=C(NCc1cc(OC)c(O)c(OC)c1)NCc1sccc1C.I. The number of nitrogens with zero attached hydrogens (tertiary/aromatic N) is 1. The van der Waals surface area contributed by atoms with E-state index in [9.17, 15) is 5.11 Å². The molecule has 1 aromatic heterocycles. The lowest BCUT2D eigenvalue weighted by Gasteiger charge is -2.14. The van der Waals surface area contributed by atoms with Gasteiger partial charge in [-0.15, -0.1) is 35.3 Å². The van der Waals surface area contributed by atoms with E-state index in [-0.39, 0.29) is 29.7 Å². The Morgan fingerprint density at radius 1 is 1.16 bits per heavy atom. The van der Waals surface area contributed by atoms with E-state index in [1.807, 2.05) is 0 Å². The Hall–Kier alpha value is -1.68. The van der Waals surface area contributed by atoms with E-state index in [0.29, 0.717) is 24.0 Å². The van der Waals surface area contributed by atoms with Crippen LogP contribution >= 0.6 is 35.3 Å². The van der Waals surface area contributed by atoms with Gasteiger partial charge in [0, 0.05) is 18.5 Å². The summed E-state index contributed by atoms with van der Waals surface area (Å²) in [5.41, 5.74) is 2.19. The van der Waals surface area contributed by atoms with Gasteiger partial charge >= 0.3 is 0 Å². The van der Waals surface area contributed by atoms with Gasteiger partial charge in [-0.1, -0.05) is 0 Å². The van der Waals surface area contributed by atoms with Crippen molar-refractivity contribution in [2.45, 2.75) is 20.0 Å². The van der Waals surface area contributed by atoms with Crippen molar-refractivity contribution in [1.29, 1.82) is 0 Å². The Bertz CT molecular complexity index is 694. The number of ether oxygens (including phenoxy) is 2. The van der Waals surface area contributed by atoms with Crippen LogP contribution in [0.15, 0.2) is 28.6 Å². The highest BCUT2D eigenvalue weighted by atomic mass is 127. The summed E-state index contributed by atoms with van der Waals surface area (Å²) in [6, 6.07) is 5.63. The van der Waals surface area contributed by atoms with Crippen LogP contribution in [0.3, 0.4) is 0 Å². The molecule has 0 radical (unpaired) electrons. The zero-order valence-electron chi connectivity index (χ0n) is 14.8. The van der Waals surface area contributed by atoms with Crippen LogP contribution in [0.25, 0.3) is 0 Å². The minimum absolute atomic E-state index is 0. The molecule has 0 unspecified atom stereocenters. The molecule has 0 fully saturated rings. The van der Waals surface area contributed by atoms with Gasteiger partial charge in [0.25, 0.3) is 0 Å². The number of thiophene rings is 1. The van der Waals surface area contributed by atoms with E-state index < -0.39 is 0 Å². The molecule has 0 bridgehead atoms. The number of benzene rings is 1. The lowest BCUT2D eigenvalue weighted by atomic mass is 10.2. The lowest BCUT2D eigenvalue weighted by molar-refractivity contribution is 0.339. The Balaban J connectivity index is 0.00000312. The quantitative estimate of drug-likeness (QED) is 0.339. The first kappa shape index (κ1) is 21.4. The highest BCUT2D eigenvalue weighted by molar-refractivity contribution is 14.0. The summed E-state index contributed by atoms with van der Waals surface area (Å²) < 4.78 is 10.3. The molecule has 0 spiro atoms. The van der Waals surface area contributed by atoms with Crippen molar-refractivity contribution >= 4 is 41.3 Å². The summed E-state index contributed by atoms with van der Waals surface area (Å²) >= 11 is 1.72.